The number of ether oxygens (including phenoxy) is 1. The highest BCUT2D eigenvalue weighted by Crippen LogP contribution is 2.19. The molecule has 2 rings (SSSR count). The number of carbonyl (C=O) groups excluding carboxylic acids is 1. The second-order valence-corrected chi connectivity index (χ2v) is 4.86. The van der Waals surface area contributed by atoms with Gasteiger partial charge in [0.2, 0.25) is 0 Å². The van der Waals surface area contributed by atoms with E-state index in [1.807, 2.05) is 4.90 Å². The fourth-order valence-electron chi connectivity index (χ4n) is 2.57. The Balaban J connectivity index is 1.78. The molecule has 102 valence electrons. The van der Waals surface area contributed by atoms with E-state index >= 15 is 0 Å². The van der Waals surface area contributed by atoms with Crippen LogP contribution < -0.4 is 5.32 Å². The van der Waals surface area contributed by atoms with E-state index < -0.39 is 0 Å². The molecule has 0 aromatic carbocycles. The molecule has 0 spiro atoms. The maximum absolute atomic E-state index is 12.0. The first-order valence-corrected chi connectivity index (χ1v) is 6.72. The summed E-state index contributed by atoms with van der Waals surface area (Å²) >= 11 is 0. The molecule has 2 aliphatic heterocycles. The van der Waals surface area contributed by atoms with Crippen LogP contribution in [0, 0.1) is 0 Å². The molecule has 2 amide bonds. The van der Waals surface area contributed by atoms with Crippen molar-refractivity contribution in [1.82, 2.24) is 10.2 Å². The van der Waals surface area contributed by atoms with Crippen molar-refractivity contribution >= 4 is 6.03 Å². The van der Waals surface area contributed by atoms with E-state index in [4.69, 9.17) is 9.84 Å². The van der Waals surface area contributed by atoms with Gasteiger partial charge < -0.3 is 20.1 Å². The Labute approximate surface area is 108 Å². The molecule has 2 N–H and O–H groups in total. The van der Waals surface area contributed by atoms with E-state index in [0.717, 1.165) is 38.0 Å². The van der Waals surface area contributed by atoms with Crippen molar-refractivity contribution in [2.75, 3.05) is 32.9 Å². The van der Waals surface area contributed by atoms with Crippen molar-refractivity contribution in [3.63, 3.8) is 0 Å². The van der Waals surface area contributed by atoms with Crippen molar-refractivity contribution in [2.45, 2.75) is 31.7 Å². The van der Waals surface area contributed by atoms with E-state index in [0.29, 0.717) is 19.6 Å². The summed E-state index contributed by atoms with van der Waals surface area (Å²) in [5, 5.41) is 11.9. The standard InChI is InChI=1S/C13H22N2O3/c16-7-5-12-4-1-6-15(12)13(17)14-9-11-3-2-8-18-10-11/h3,12,16H,1-2,4-10H2,(H,14,17). The molecule has 1 unspecified atom stereocenters. The van der Waals surface area contributed by atoms with Gasteiger partial charge in [-0.3, -0.25) is 0 Å². The first-order chi connectivity index (χ1) is 8.81. The Hall–Kier alpha value is -1.07. The molecule has 18 heavy (non-hydrogen) atoms. The molecule has 1 atom stereocenters. The van der Waals surface area contributed by atoms with Crippen LogP contribution in [0.5, 0.6) is 0 Å². The predicted molar refractivity (Wildman–Crippen MR) is 68.3 cm³/mol. The second-order valence-electron chi connectivity index (χ2n) is 4.86. The fourth-order valence-corrected chi connectivity index (χ4v) is 2.57. The van der Waals surface area contributed by atoms with Gasteiger partial charge in [-0.05, 0) is 31.3 Å². The summed E-state index contributed by atoms with van der Waals surface area (Å²) < 4.78 is 5.33. The number of nitrogens with zero attached hydrogens (tertiary/aromatic N) is 1. The molecule has 0 aromatic rings. The number of aliphatic hydroxyl groups is 1. The number of aliphatic hydroxyl groups excluding tert-OH is 1. The Morgan fingerprint density at radius 2 is 2.50 bits per heavy atom. The van der Waals surface area contributed by atoms with Crippen molar-refractivity contribution in [1.29, 1.82) is 0 Å². The summed E-state index contributed by atoms with van der Waals surface area (Å²) in [6, 6.07) is 0.184. The van der Waals surface area contributed by atoms with E-state index in [9.17, 15) is 4.79 Å². The Morgan fingerprint density at radius 1 is 1.61 bits per heavy atom. The van der Waals surface area contributed by atoms with Crippen molar-refractivity contribution in [3.05, 3.63) is 11.6 Å². The van der Waals surface area contributed by atoms with E-state index in [1.54, 1.807) is 0 Å². The Kier molecular flexibility index (Phi) is 5.01. The highest BCUT2D eigenvalue weighted by Gasteiger charge is 2.27. The summed E-state index contributed by atoms with van der Waals surface area (Å²) in [5.74, 6) is 0. The molecule has 0 bridgehead atoms. The normalized spacial score (nSPS) is 23.9. The minimum absolute atomic E-state index is 0.0163. The largest absolute Gasteiger partial charge is 0.396 e. The first kappa shape index (κ1) is 13.4. The minimum Gasteiger partial charge on any atom is -0.396 e. The molecule has 0 aromatic heterocycles. The topological polar surface area (TPSA) is 61.8 Å². The SMILES string of the molecule is O=C(NCC1=CCCOC1)N1CCCC1CCO. The Morgan fingerprint density at radius 3 is 3.22 bits per heavy atom. The van der Waals surface area contributed by atoms with Crippen LogP contribution in [-0.2, 0) is 4.74 Å². The molecule has 2 aliphatic rings. The Bertz CT molecular complexity index is 317. The van der Waals surface area contributed by atoms with Crippen LogP contribution >= 0.6 is 0 Å². The summed E-state index contributed by atoms with van der Waals surface area (Å²) in [6.07, 6.45) is 5.78. The monoisotopic (exact) mass is 254 g/mol. The van der Waals surface area contributed by atoms with Gasteiger partial charge in [0.15, 0.2) is 0 Å². The van der Waals surface area contributed by atoms with Crippen molar-refractivity contribution in [2.24, 2.45) is 0 Å². The molecule has 2 heterocycles. The van der Waals surface area contributed by atoms with E-state index in [-0.39, 0.29) is 18.7 Å². The number of urea groups is 1. The van der Waals surface area contributed by atoms with Crippen LogP contribution in [-0.4, -0.2) is 55.0 Å². The van der Waals surface area contributed by atoms with Gasteiger partial charge in [0, 0.05) is 25.7 Å². The van der Waals surface area contributed by atoms with Gasteiger partial charge in [0.05, 0.1) is 13.2 Å². The van der Waals surface area contributed by atoms with Crippen molar-refractivity contribution in [3.8, 4) is 0 Å². The van der Waals surface area contributed by atoms with Crippen LogP contribution in [0.15, 0.2) is 11.6 Å². The van der Waals surface area contributed by atoms with Gasteiger partial charge >= 0.3 is 6.03 Å². The average Bonchev–Trinajstić information content (AvgIpc) is 2.86. The van der Waals surface area contributed by atoms with Gasteiger partial charge in [-0.25, -0.2) is 4.79 Å². The van der Waals surface area contributed by atoms with Crippen LogP contribution in [0.2, 0.25) is 0 Å². The number of amides is 2. The molecule has 1 saturated heterocycles. The summed E-state index contributed by atoms with van der Waals surface area (Å²) in [6.45, 7) is 2.92. The molecule has 1 fully saturated rings. The third kappa shape index (κ3) is 3.46. The van der Waals surface area contributed by atoms with Gasteiger partial charge in [0.25, 0.3) is 0 Å². The number of likely N-dealkylation sites (tertiary alicyclic amines) is 1. The summed E-state index contributed by atoms with van der Waals surface area (Å²) in [4.78, 5) is 13.9. The predicted octanol–water partition coefficient (Wildman–Crippen LogP) is 0.889. The highest BCUT2D eigenvalue weighted by atomic mass is 16.5. The third-order valence-corrected chi connectivity index (χ3v) is 3.55. The number of nitrogens with one attached hydrogen (secondary N) is 1. The van der Waals surface area contributed by atoms with E-state index in [2.05, 4.69) is 11.4 Å². The summed E-state index contributed by atoms with van der Waals surface area (Å²) in [7, 11) is 0. The molecular formula is C13H22N2O3. The zero-order valence-corrected chi connectivity index (χ0v) is 10.7. The lowest BCUT2D eigenvalue weighted by Gasteiger charge is -2.25. The zero-order chi connectivity index (χ0) is 12.8. The molecule has 0 radical (unpaired) electrons. The van der Waals surface area contributed by atoms with Crippen LogP contribution in [0.1, 0.15) is 25.7 Å². The molecule has 0 aliphatic carbocycles. The number of hydrogen-bond acceptors (Lipinski definition) is 3. The highest BCUT2D eigenvalue weighted by molar-refractivity contribution is 5.75. The third-order valence-electron chi connectivity index (χ3n) is 3.55. The van der Waals surface area contributed by atoms with Crippen LogP contribution in [0.3, 0.4) is 0 Å². The zero-order valence-electron chi connectivity index (χ0n) is 10.7. The maximum Gasteiger partial charge on any atom is 0.317 e. The van der Waals surface area contributed by atoms with Gasteiger partial charge in [0.1, 0.15) is 0 Å². The molecule has 5 heteroatoms. The fraction of sp³-hybridized carbons (Fsp3) is 0.769. The lowest BCUT2D eigenvalue weighted by atomic mass is 10.1. The quantitative estimate of drug-likeness (QED) is 0.732. The number of rotatable bonds is 4. The lowest BCUT2D eigenvalue weighted by Crippen LogP contribution is -2.44. The lowest BCUT2D eigenvalue weighted by molar-refractivity contribution is 0.147. The van der Waals surface area contributed by atoms with Crippen molar-refractivity contribution < 1.29 is 14.6 Å². The molecule has 0 saturated carbocycles. The van der Waals surface area contributed by atoms with E-state index in [1.165, 1.54) is 0 Å². The van der Waals surface area contributed by atoms with Crippen LogP contribution in [0.25, 0.3) is 0 Å². The average molecular weight is 254 g/mol. The maximum atomic E-state index is 12.0. The first-order valence-electron chi connectivity index (χ1n) is 6.72. The van der Waals surface area contributed by atoms with Crippen LogP contribution in [0.4, 0.5) is 4.79 Å². The smallest absolute Gasteiger partial charge is 0.317 e. The second kappa shape index (κ2) is 6.75. The summed E-state index contributed by atoms with van der Waals surface area (Å²) in [5.41, 5.74) is 1.15. The molecular weight excluding hydrogens is 232 g/mol. The van der Waals surface area contributed by atoms with Gasteiger partial charge in [-0.15, -0.1) is 0 Å². The minimum atomic E-state index is -0.0163. The van der Waals surface area contributed by atoms with Gasteiger partial charge in [-0.2, -0.15) is 0 Å². The van der Waals surface area contributed by atoms with Gasteiger partial charge in [-0.1, -0.05) is 6.08 Å². The number of carbonyl (C=O) groups is 1. The number of hydrogen-bond donors (Lipinski definition) is 2. The molecule has 5 nitrogen and oxygen atoms in total.